The van der Waals surface area contributed by atoms with E-state index in [4.69, 9.17) is 4.74 Å². The van der Waals surface area contributed by atoms with Gasteiger partial charge < -0.3 is 20.1 Å². The molecular formula is C14H19F3N2O3. The van der Waals surface area contributed by atoms with Crippen molar-refractivity contribution in [3.63, 3.8) is 0 Å². The molecule has 0 aliphatic carbocycles. The Morgan fingerprint density at radius 3 is 2.45 bits per heavy atom. The smallest absolute Gasteiger partial charge is 0.406 e. The molecule has 0 aliphatic heterocycles. The summed E-state index contributed by atoms with van der Waals surface area (Å²) < 4.78 is 44.6. The molecular weight excluding hydrogens is 301 g/mol. The van der Waals surface area contributed by atoms with Crippen LogP contribution < -0.4 is 15.4 Å². The molecule has 0 aromatic heterocycles. The van der Waals surface area contributed by atoms with E-state index >= 15 is 0 Å². The summed E-state index contributed by atoms with van der Waals surface area (Å²) in [6, 6.07) is 5.56. The highest BCUT2D eigenvalue weighted by atomic mass is 19.4. The molecule has 1 aromatic rings. The van der Waals surface area contributed by atoms with Gasteiger partial charge in [-0.25, -0.2) is 0 Å². The lowest BCUT2D eigenvalue weighted by molar-refractivity contribution is -0.274. The average Bonchev–Trinajstić information content (AvgIpc) is 2.44. The Bertz CT molecular complexity index is 450. The first kappa shape index (κ1) is 18.2. The van der Waals surface area contributed by atoms with E-state index in [1.807, 2.05) is 0 Å². The lowest BCUT2D eigenvalue weighted by atomic mass is 10.1. The van der Waals surface area contributed by atoms with Gasteiger partial charge in [0.25, 0.3) is 0 Å². The third-order valence-corrected chi connectivity index (χ3v) is 2.66. The Hall–Kier alpha value is -1.80. The van der Waals surface area contributed by atoms with Crippen LogP contribution in [0.25, 0.3) is 0 Å². The number of halogens is 3. The maximum Gasteiger partial charge on any atom is 0.573 e. The molecule has 0 saturated heterocycles. The molecule has 2 N–H and O–H groups in total. The van der Waals surface area contributed by atoms with E-state index in [0.29, 0.717) is 26.1 Å². The minimum Gasteiger partial charge on any atom is -0.406 e. The summed E-state index contributed by atoms with van der Waals surface area (Å²) in [6.07, 6.45) is -4.17. The van der Waals surface area contributed by atoms with Gasteiger partial charge in [0.1, 0.15) is 5.75 Å². The first-order valence-corrected chi connectivity index (χ1v) is 6.72. The van der Waals surface area contributed by atoms with Crippen LogP contribution in [0.15, 0.2) is 24.3 Å². The molecule has 0 fully saturated rings. The normalized spacial score (nSPS) is 11.3. The number of hydrogen-bond acceptors (Lipinski definition) is 4. The van der Waals surface area contributed by atoms with Crippen LogP contribution in [0.3, 0.4) is 0 Å². The van der Waals surface area contributed by atoms with Crippen molar-refractivity contribution < 1.29 is 27.4 Å². The molecule has 0 atom stereocenters. The number of ether oxygens (including phenoxy) is 2. The van der Waals surface area contributed by atoms with Gasteiger partial charge in [0.15, 0.2) is 0 Å². The van der Waals surface area contributed by atoms with Crippen LogP contribution in [-0.4, -0.2) is 45.6 Å². The van der Waals surface area contributed by atoms with Crippen molar-refractivity contribution in [3.8, 4) is 5.75 Å². The number of rotatable bonds is 9. The quantitative estimate of drug-likeness (QED) is 0.677. The molecule has 1 aromatic carbocycles. The zero-order valence-corrected chi connectivity index (χ0v) is 12.2. The number of benzene rings is 1. The van der Waals surface area contributed by atoms with Crippen LogP contribution in [-0.2, 0) is 16.0 Å². The molecule has 5 nitrogen and oxygen atoms in total. The fourth-order valence-electron chi connectivity index (χ4n) is 1.64. The SMILES string of the molecule is COCCNCC(=O)NCCc1ccc(OC(F)(F)F)cc1. The summed E-state index contributed by atoms with van der Waals surface area (Å²) in [5.41, 5.74) is 0.808. The Kier molecular flexibility index (Phi) is 7.69. The number of carbonyl (C=O) groups excluding carboxylic acids is 1. The molecule has 124 valence electrons. The Morgan fingerprint density at radius 1 is 1.18 bits per heavy atom. The minimum atomic E-state index is -4.69. The molecule has 0 unspecified atom stereocenters. The van der Waals surface area contributed by atoms with Crippen molar-refractivity contribution in [2.75, 3.05) is 33.4 Å². The second-order valence-corrected chi connectivity index (χ2v) is 4.46. The van der Waals surface area contributed by atoms with E-state index in [2.05, 4.69) is 15.4 Å². The van der Waals surface area contributed by atoms with Crippen molar-refractivity contribution in [1.82, 2.24) is 10.6 Å². The summed E-state index contributed by atoms with van der Waals surface area (Å²) in [5, 5.41) is 5.61. The highest BCUT2D eigenvalue weighted by Crippen LogP contribution is 2.22. The van der Waals surface area contributed by atoms with E-state index < -0.39 is 6.36 Å². The lowest BCUT2D eigenvalue weighted by Crippen LogP contribution is -2.36. The summed E-state index contributed by atoms with van der Waals surface area (Å²) in [7, 11) is 1.58. The molecule has 22 heavy (non-hydrogen) atoms. The minimum absolute atomic E-state index is 0.145. The number of hydrogen-bond donors (Lipinski definition) is 2. The van der Waals surface area contributed by atoms with Gasteiger partial charge in [-0.2, -0.15) is 0 Å². The second-order valence-electron chi connectivity index (χ2n) is 4.46. The van der Waals surface area contributed by atoms with Crippen molar-refractivity contribution in [2.24, 2.45) is 0 Å². The summed E-state index contributed by atoms with van der Waals surface area (Å²) in [6.45, 7) is 1.72. The summed E-state index contributed by atoms with van der Waals surface area (Å²) in [5.74, 6) is -0.407. The van der Waals surface area contributed by atoms with Crippen molar-refractivity contribution in [1.29, 1.82) is 0 Å². The second kappa shape index (κ2) is 9.26. The molecule has 0 spiro atoms. The molecule has 0 saturated carbocycles. The van der Waals surface area contributed by atoms with Crippen LogP contribution in [0.1, 0.15) is 5.56 Å². The van der Waals surface area contributed by atoms with Crippen LogP contribution in [0.4, 0.5) is 13.2 Å². The zero-order chi connectivity index (χ0) is 16.4. The van der Waals surface area contributed by atoms with E-state index in [1.165, 1.54) is 24.3 Å². The maximum absolute atomic E-state index is 12.0. The van der Waals surface area contributed by atoms with Gasteiger partial charge in [-0.1, -0.05) is 12.1 Å². The summed E-state index contributed by atoms with van der Waals surface area (Å²) in [4.78, 5) is 11.4. The Labute approximate surface area is 126 Å². The first-order valence-electron chi connectivity index (χ1n) is 6.72. The highest BCUT2D eigenvalue weighted by molar-refractivity contribution is 5.77. The fourth-order valence-corrected chi connectivity index (χ4v) is 1.64. The van der Waals surface area contributed by atoms with E-state index in [-0.39, 0.29) is 18.2 Å². The topological polar surface area (TPSA) is 59.6 Å². The van der Waals surface area contributed by atoms with Gasteiger partial charge in [0.2, 0.25) is 5.91 Å². The molecule has 1 amide bonds. The first-order chi connectivity index (χ1) is 10.4. The molecule has 0 aliphatic rings. The predicted octanol–water partition coefficient (Wildman–Crippen LogP) is 1.48. The number of methoxy groups -OCH3 is 1. The molecule has 1 rings (SSSR count). The molecule has 0 bridgehead atoms. The molecule has 0 radical (unpaired) electrons. The van der Waals surface area contributed by atoms with Gasteiger partial charge in [-0.15, -0.1) is 13.2 Å². The van der Waals surface area contributed by atoms with Crippen LogP contribution in [0.5, 0.6) is 5.75 Å². The van der Waals surface area contributed by atoms with Gasteiger partial charge in [-0.05, 0) is 24.1 Å². The standard InChI is InChI=1S/C14H19F3N2O3/c1-21-9-8-18-10-13(20)19-7-6-11-2-4-12(5-3-11)22-14(15,16)17/h2-5,18H,6-10H2,1H3,(H,19,20). The van der Waals surface area contributed by atoms with Gasteiger partial charge in [0, 0.05) is 20.2 Å². The summed E-state index contributed by atoms with van der Waals surface area (Å²) >= 11 is 0. The molecule has 0 heterocycles. The monoisotopic (exact) mass is 320 g/mol. The number of nitrogens with one attached hydrogen (secondary N) is 2. The highest BCUT2D eigenvalue weighted by Gasteiger charge is 2.30. The van der Waals surface area contributed by atoms with Crippen LogP contribution in [0, 0.1) is 0 Å². The van der Waals surface area contributed by atoms with Gasteiger partial charge >= 0.3 is 6.36 Å². The Morgan fingerprint density at radius 2 is 1.86 bits per heavy atom. The Balaban J connectivity index is 2.23. The average molecular weight is 320 g/mol. The lowest BCUT2D eigenvalue weighted by Gasteiger charge is -2.10. The van der Waals surface area contributed by atoms with E-state index in [1.54, 1.807) is 7.11 Å². The van der Waals surface area contributed by atoms with Crippen LogP contribution >= 0.6 is 0 Å². The van der Waals surface area contributed by atoms with E-state index in [9.17, 15) is 18.0 Å². The molecule has 8 heteroatoms. The predicted molar refractivity (Wildman–Crippen MR) is 74.6 cm³/mol. The van der Waals surface area contributed by atoms with Crippen LogP contribution in [0.2, 0.25) is 0 Å². The largest absolute Gasteiger partial charge is 0.573 e. The van der Waals surface area contributed by atoms with Crippen molar-refractivity contribution in [2.45, 2.75) is 12.8 Å². The van der Waals surface area contributed by atoms with Gasteiger partial charge in [-0.3, -0.25) is 4.79 Å². The number of carbonyl (C=O) groups is 1. The van der Waals surface area contributed by atoms with Crippen molar-refractivity contribution in [3.05, 3.63) is 29.8 Å². The third kappa shape index (κ3) is 8.48. The maximum atomic E-state index is 12.0. The zero-order valence-electron chi connectivity index (χ0n) is 12.2. The number of alkyl halides is 3. The fraction of sp³-hybridized carbons (Fsp3) is 0.500. The van der Waals surface area contributed by atoms with Crippen molar-refractivity contribution >= 4 is 5.91 Å². The van der Waals surface area contributed by atoms with Gasteiger partial charge in [0.05, 0.1) is 13.2 Å². The third-order valence-electron chi connectivity index (χ3n) is 2.66. The van der Waals surface area contributed by atoms with E-state index in [0.717, 1.165) is 5.56 Å². The number of amides is 1.